The monoisotopic (exact) mass is 362 g/mol. The molecule has 0 radical (unpaired) electrons. The van der Waals surface area contributed by atoms with Gasteiger partial charge in [-0.1, -0.05) is 18.2 Å². The maximum atomic E-state index is 13.1. The molecule has 0 unspecified atom stereocenters. The molecule has 1 N–H and O–H groups in total. The summed E-state index contributed by atoms with van der Waals surface area (Å²) in [6, 6.07) is 8.55. The van der Waals surface area contributed by atoms with Crippen molar-refractivity contribution >= 4 is 16.6 Å². The van der Waals surface area contributed by atoms with Crippen LogP contribution in [0.5, 0.6) is 0 Å². The third kappa shape index (κ3) is 2.99. The molecule has 0 saturated carbocycles. The highest BCUT2D eigenvalue weighted by atomic mass is 19.4. The number of alkyl halides is 3. The fourth-order valence-electron chi connectivity index (χ4n) is 2.98. The lowest BCUT2D eigenvalue weighted by Gasteiger charge is -2.15. The van der Waals surface area contributed by atoms with Gasteiger partial charge in [-0.3, -0.25) is 10.1 Å². The van der Waals surface area contributed by atoms with Crippen LogP contribution in [0.1, 0.15) is 16.7 Å². The van der Waals surface area contributed by atoms with E-state index >= 15 is 0 Å². The fourth-order valence-corrected chi connectivity index (χ4v) is 2.98. The summed E-state index contributed by atoms with van der Waals surface area (Å²) in [4.78, 5) is 14.5. The molecule has 0 saturated heterocycles. The highest BCUT2D eigenvalue weighted by Gasteiger charge is 2.33. The van der Waals surface area contributed by atoms with Gasteiger partial charge in [-0.25, -0.2) is 4.98 Å². The minimum Gasteiger partial charge on any atom is -0.391 e. The van der Waals surface area contributed by atoms with Crippen LogP contribution >= 0.6 is 0 Å². The topological polar surface area (TPSA) is 76.3 Å². The first-order valence-corrected chi connectivity index (χ1v) is 7.58. The Kier molecular flexibility index (Phi) is 4.37. The van der Waals surface area contributed by atoms with Gasteiger partial charge < -0.3 is 5.11 Å². The molecule has 134 valence electrons. The summed E-state index contributed by atoms with van der Waals surface area (Å²) in [5.74, 6) is 0. The fraction of sp³-hybridized carbons (Fsp3) is 0.167. The highest BCUT2D eigenvalue weighted by Crippen LogP contribution is 2.37. The van der Waals surface area contributed by atoms with Gasteiger partial charge in [0.2, 0.25) is 0 Å². The number of rotatable bonds is 3. The number of nitrogens with zero attached hydrogens (tertiary/aromatic N) is 2. The first-order valence-electron chi connectivity index (χ1n) is 7.58. The molecule has 3 aromatic rings. The minimum absolute atomic E-state index is 0.0586. The van der Waals surface area contributed by atoms with Crippen LogP contribution in [-0.4, -0.2) is 15.0 Å². The number of aliphatic hydroxyl groups is 1. The van der Waals surface area contributed by atoms with Gasteiger partial charge in [0, 0.05) is 5.39 Å². The van der Waals surface area contributed by atoms with Crippen LogP contribution in [-0.2, 0) is 12.8 Å². The summed E-state index contributed by atoms with van der Waals surface area (Å²) >= 11 is 0. The second-order valence-electron chi connectivity index (χ2n) is 5.75. The highest BCUT2D eigenvalue weighted by molar-refractivity contribution is 5.89. The van der Waals surface area contributed by atoms with Gasteiger partial charge in [-0.2, -0.15) is 13.2 Å². The van der Waals surface area contributed by atoms with E-state index in [4.69, 9.17) is 0 Å². The molecular weight excluding hydrogens is 349 g/mol. The van der Waals surface area contributed by atoms with Crippen molar-refractivity contribution in [3.05, 3.63) is 69.4 Å². The van der Waals surface area contributed by atoms with Gasteiger partial charge in [0.05, 0.1) is 28.2 Å². The van der Waals surface area contributed by atoms with Gasteiger partial charge in [0.1, 0.15) is 6.20 Å². The van der Waals surface area contributed by atoms with E-state index in [0.717, 1.165) is 12.3 Å². The number of hydrogen-bond acceptors (Lipinski definition) is 4. The van der Waals surface area contributed by atoms with E-state index in [9.17, 15) is 28.4 Å². The van der Waals surface area contributed by atoms with Crippen molar-refractivity contribution in [2.45, 2.75) is 19.7 Å². The van der Waals surface area contributed by atoms with Crippen molar-refractivity contribution in [3.63, 3.8) is 0 Å². The number of aliphatic hydroxyl groups excluding tert-OH is 1. The molecule has 2 aromatic carbocycles. The van der Waals surface area contributed by atoms with Crippen LogP contribution in [0.4, 0.5) is 18.9 Å². The predicted molar refractivity (Wildman–Crippen MR) is 89.5 cm³/mol. The first kappa shape index (κ1) is 17.8. The summed E-state index contributed by atoms with van der Waals surface area (Å²) in [6.07, 6.45) is -3.42. The molecule has 0 bridgehead atoms. The van der Waals surface area contributed by atoms with Gasteiger partial charge in [0.25, 0.3) is 5.69 Å². The predicted octanol–water partition coefficient (Wildman–Crippen LogP) is 4.63. The Balaban J connectivity index is 2.26. The van der Waals surface area contributed by atoms with Crippen LogP contribution in [0, 0.1) is 17.0 Å². The molecule has 0 atom stereocenters. The number of hydrogen-bond donors (Lipinski definition) is 1. The molecule has 0 amide bonds. The lowest BCUT2D eigenvalue weighted by molar-refractivity contribution is -0.386. The van der Waals surface area contributed by atoms with Crippen LogP contribution in [0.2, 0.25) is 0 Å². The van der Waals surface area contributed by atoms with Crippen molar-refractivity contribution in [1.29, 1.82) is 0 Å². The zero-order valence-electron chi connectivity index (χ0n) is 13.5. The van der Waals surface area contributed by atoms with E-state index in [-0.39, 0.29) is 16.8 Å². The first-order chi connectivity index (χ1) is 12.2. The summed E-state index contributed by atoms with van der Waals surface area (Å²) in [6.45, 7) is 0.793. The molecule has 0 spiro atoms. The molecule has 0 aliphatic carbocycles. The lowest BCUT2D eigenvalue weighted by atomic mass is 9.94. The molecule has 8 heteroatoms. The number of nitro groups is 1. The van der Waals surface area contributed by atoms with E-state index in [1.54, 1.807) is 18.2 Å². The standard InChI is InChI=1S/C18H13F3N2O3/c1-10-12(3-2-4-15(10)18(19,20)21)11-5-6-16-13(7-11)14(9-24)17(8-22-16)23(25)26/h2-8,24H,9H2,1H3. The van der Waals surface area contributed by atoms with Crippen LogP contribution in [0.3, 0.4) is 0 Å². The van der Waals surface area contributed by atoms with E-state index in [2.05, 4.69) is 4.98 Å². The average molecular weight is 362 g/mol. The number of halogens is 3. The third-order valence-electron chi connectivity index (χ3n) is 4.26. The van der Waals surface area contributed by atoms with E-state index in [1.165, 1.54) is 19.1 Å². The van der Waals surface area contributed by atoms with Crippen LogP contribution in [0.15, 0.2) is 42.6 Å². The van der Waals surface area contributed by atoms with Gasteiger partial charge in [0.15, 0.2) is 0 Å². The average Bonchev–Trinajstić information content (AvgIpc) is 2.59. The number of pyridine rings is 1. The molecule has 5 nitrogen and oxygen atoms in total. The number of benzene rings is 2. The number of fused-ring (bicyclic) bond motifs is 1. The van der Waals surface area contributed by atoms with E-state index < -0.39 is 23.3 Å². The SMILES string of the molecule is Cc1c(-c2ccc3ncc([N+](=O)[O-])c(CO)c3c2)cccc1C(F)(F)F. The van der Waals surface area contributed by atoms with E-state index in [0.29, 0.717) is 22.0 Å². The van der Waals surface area contributed by atoms with Gasteiger partial charge in [-0.05, 0) is 41.8 Å². The zero-order valence-corrected chi connectivity index (χ0v) is 13.5. The Morgan fingerprint density at radius 1 is 1.23 bits per heavy atom. The Bertz CT molecular complexity index is 1020. The molecule has 26 heavy (non-hydrogen) atoms. The second kappa shape index (κ2) is 6.38. The third-order valence-corrected chi connectivity index (χ3v) is 4.26. The van der Waals surface area contributed by atoms with Gasteiger partial charge >= 0.3 is 6.18 Å². The second-order valence-corrected chi connectivity index (χ2v) is 5.75. The maximum Gasteiger partial charge on any atom is 0.416 e. The van der Waals surface area contributed by atoms with Crippen LogP contribution < -0.4 is 0 Å². The Hall–Kier alpha value is -3.00. The Labute approximate surface area is 145 Å². The molecule has 1 heterocycles. The summed E-state index contributed by atoms with van der Waals surface area (Å²) in [5.41, 5.74) is 0.283. The summed E-state index contributed by atoms with van der Waals surface area (Å²) in [5, 5.41) is 21.0. The van der Waals surface area contributed by atoms with Gasteiger partial charge in [-0.15, -0.1) is 0 Å². The Morgan fingerprint density at radius 3 is 2.58 bits per heavy atom. The quantitative estimate of drug-likeness (QED) is 0.544. The number of aromatic nitrogens is 1. The van der Waals surface area contributed by atoms with Crippen molar-refractivity contribution in [2.24, 2.45) is 0 Å². The zero-order chi connectivity index (χ0) is 19.1. The Morgan fingerprint density at radius 2 is 1.96 bits per heavy atom. The smallest absolute Gasteiger partial charge is 0.391 e. The van der Waals surface area contributed by atoms with Crippen molar-refractivity contribution in [1.82, 2.24) is 4.98 Å². The molecule has 0 fully saturated rings. The summed E-state index contributed by atoms with van der Waals surface area (Å²) in [7, 11) is 0. The molecular formula is C18H13F3N2O3. The normalized spacial score (nSPS) is 11.7. The minimum atomic E-state index is -4.48. The molecule has 0 aliphatic heterocycles. The molecule has 1 aromatic heterocycles. The van der Waals surface area contributed by atoms with Crippen LogP contribution in [0.25, 0.3) is 22.0 Å². The molecule has 3 rings (SSSR count). The van der Waals surface area contributed by atoms with E-state index in [1.807, 2.05) is 0 Å². The van der Waals surface area contributed by atoms with Crippen molar-refractivity contribution < 1.29 is 23.2 Å². The van der Waals surface area contributed by atoms with Crippen molar-refractivity contribution in [2.75, 3.05) is 0 Å². The largest absolute Gasteiger partial charge is 0.416 e. The van der Waals surface area contributed by atoms with Crippen molar-refractivity contribution in [3.8, 4) is 11.1 Å². The lowest BCUT2D eigenvalue weighted by Crippen LogP contribution is -2.08. The maximum absolute atomic E-state index is 13.1. The summed E-state index contributed by atoms with van der Waals surface area (Å²) < 4.78 is 39.4. The molecule has 0 aliphatic rings.